The smallest absolute Gasteiger partial charge is 0.429 e. The van der Waals surface area contributed by atoms with E-state index in [0.29, 0.717) is 0 Å². The minimum atomic E-state index is -4.76. The summed E-state index contributed by atoms with van der Waals surface area (Å²) < 4.78 is 39.9. The molecule has 1 N–H and O–H groups in total. The lowest BCUT2D eigenvalue weighted by Crippen LogP contribution is -2.33. The van der Waals surface area contributed by atoms with Crippen molar-refractivity contribution in [3.8, 4) is 0 Å². The number of alkyl halides is 3. The summed E-state index contributed by atoms with van der Waals surface area (Å²) in [6.45, 7) is 2.49. The molecule has 0 aromatic heterocycles. The van der Waals surface area contributed by atoms with Gasteiger partial charge in [-0.3, -0.25) is 10.2 Å². The molecule has 6 heteroatoms. The Morgan fingerprint density at radius 2 is 2.00 bits per heavy atom. The Balaban J connectivity index is 4.35. The zero-order chi connectivity index (χ0) is 10.6. The van der Waals surface area contributed by atoms with Crippen molar-refractivity contribution in [2.45, 2.75) is 20.0 Å². The van der Waals surface area contributed by atoms with E-state index in [-0.39, 0.29) is 6.61 Å². The third-order valence-corrected chi connectivity index (χ3v) is 1.38. The molecule has 0 amide bonds. The van der Waals surface area contributed by atoms with Crippen molar-refractivity contribution in [1.82, 2.24) is 0 Å². The lowest BCUT2D eigenvalue weighted by atomic mass is 10.1. The first kappa shape index (κ1) is 11.9. The maximum Gasteiger partial charge on any atom is 0.429 e. The average Bonchev–Trinajstić information content (AvgIpc) is 2.00. The summed E-state index contributed by atoms with van der Waals surface area (Å²) in [5, 5.41) is 6.63. The molecule has 0 aromatic carbocycles. The molecular formula is C7H10F3NO2. The van der Waals surface area contributed by atoms with Gasteiger partial charge < -0.3 is 4.74 Å². The SMILES string of the molecule is CCOC(=O)C(C)C(=N)C(F)(F)F. The van der Waals surface area contributed by atoms with Crippen molar-refractivity contribution in [2.75, 3.05) is 6.61 Å². The fourth-order valence-corrected chi connectivity index (χ4v) is 0.631. The Bertz CT molecular complexity index is 212. The predicted octanol–water partition coefficient (Wildman–Crippen LogP) is 1.77. The number of esters is 1. The van der Waals surface area contributed by atoms with Crippen LogP contribution in [0.5, 0.6) is 0 Å². The predicted molar refractivity (Wildman–Crippen MR) is 39.6 cm³/mol. The Morgan fingerprint density at radius 3 is 2.31 bits per heavy atom. The molecule has 0 rings (SSSR count). The highest BCUT2D eigenvalue weighted by molar-refractivity contribution is 6.03. The first-order chi connectivity index (χ1) is 5.80. The second kappa shape index (κ2) is 4.25. The number of hydrogen-bond acceptors (Lipinski definition) is 3. The summed E-state index contributed by atoms with van der Waals surface area (Å²) in [7, 11) is 0. The second-order valence-electron chi connectivity index (χ2n) is 2.39. The zero-order valence-electron chi connectivity index (χ0n) is 7.23. The number of ether oxygens (including phenoxy) is 1. The van der Waals surface area contributed by atoms with Crippen LogP contribution in [0.4, 0.5) is 13.2 Å². The molecule has 0 saturated heterocycles. The van der Waals surface area contributed by atoms with E-state index in [1.807, 2.05) is 0 Å². The van der Waals surface area contributed by atoms with Crippen LogP contribution in [0.3, 0.4) is 0 Å². The van der Waals surface area contributed by atoms with Crippen LogP contribution in [0, 0.1) is 11.3 Å². The molecule has 3 nitrogen and oxygen atoms in total. The highest BCUT2D eigenvalue weighted by Crippen LogP contribution is 2.21. The summed E-state index contributed by atoms with van der Waals surface area (Å²) in [6.07, 6.45) is -4.76. The van der Waals surface area contributed by atoms with Crippen LogP contribution < -0.4 is 0 Å². The fraction of sp³-hybridized carbons (Fsp3) is 0.714. The van der Waals surface area contributed by atoms with Crippen molar-refractivity contribution >= 4 is 11.7 Å². The molecular weight excluding hydrogens is 187 g/mol. The van der Waals surface area contributed by atoms with Gasteiger partial charge in [-0.05, 0) is 13.8 Å². The van der Waals surface area contributed by atoms with E-state index in [2.05, 4.69) is 4.74 Å². The van der Waals surface area contributed by atoms with E-state index in [1.165, 1.54) is 6.92 Å². The van der Waals surface area contributed by atoms with Gasteiger partial charge in [-0.2, -0.15) is 13.2 Å². The van der Waals surface area contributed by atoms with Crippen LogP contribution in [0.15, 0.2) is 0 Å². The van der Waals surface area contributed by atoms with Gasteiger partial charge in [-0.1, -0.05) is 0 Å². The molecule has 0 heterocycles. The van der Waals surface area contributed by atoms with Gasteiger partial charge in [0.25, 0.3) is 0 Å². The van der Waals surface area contributed by atoms with Crippen LogP contribution in [0.2, 0.25) is 0 Å². The van der Waals surface area contributed by atoms with Crippen molar-refractivity contribution < 1.29 is 22.7 Å². The van der Waals surface area contributed by atoms with Gasteiger partial charge in [-0.15, -0.1) is 0 Å². The summed E-state index contributed by atoms with van der Waals surface area (Å²) >= 11 is 0. The van der Waals surface area contributed by atoms with Crippen LogP contribution >= 0.6 is 0 Å². The number of carbonyl (C=O) groups excluding carboxylic acids is 1. The second-order valence-corrected chi connectivity index (χ2v) is 2.39. The van der Waals surface area contributed by atoms with E-state index in [4.69, 9.17) is 5.41 Å². The van der Waals surface area contributed by atoms with Gasteiger partial charge in [0, 0.05) is 0 Å². The molecule has 0 aliphatic heterocycles. The van der Waals surface area contributed by atoms with Gasteiger partial charge in [-0.25, -0.2) is 0 Å². The summed E-state index contributed by atoms with van der Waals surface area (Å²) in [5.74, 6) is -2.58. The maximum atomic E-state index is 11.9. The third kappa shape index (κ3) is 3.43. The standard InChI is InChI=1S/C7H10F3NO2/c1-3-13-6(12)4(2)5(11)7(8,9)10/h4,11H,3H2,1-2H3. The summed E-state index contributed by atoms with van der Waals surface area (Å²) in [5.41, 5.74) is -1.58. The molecule has 0 aliphatic rings. The number of rotatable bonds is 3. The maximum absolute atomic E-state index is 11.9. The van der Waals surface area contributed by atoms with Crippen LogP contribution in [0.1, 0.15) is 13.8 Å². The van der Waals surface area contributed by atoms with E-state index in [1.54, 1.807) is 0 Å². The highest BCUT2D eigenvalue weighted by Gasteiger charge is 2.40. The van der Waals surface area contributed by atoms with Crippen molar-refractivity contribution in [1.29, 1.82) is 5.41 Å². The van der Waals surface area contributed by atoms with Gasteiger partial charge in [0.1, 0.15) is 11.6 Å². The monoisotopic (exact) mass is 197 g/mol. The van der Waals surface area contributed by atoms with Crippen molar-refractivity contribution in [2.24, 2.45) is 5.92 Å². The normalized spacial score (nSPS) is 13.6. The average molecular weight is 197 g/mol. The van der Waals surface area contributed by atoms with Gasteiger partial charge in [0.05, 0.1) is 6.61 Å². The Kier molecular flexibility index (Phi) is 3.90. The molecule has 0 aromatic rings. The van der Waals surface area contributed by atoms with Crippen LogP contribution in [0.25, 0.3) is 0 Å². The molecule has 0 fully saturated rings. The van der Waals surface area contributed by atoms with E-state index in [9.17, 15) is 18.0 Å². The molecule has 0 aliphatic carbocycles. The molecule has 0 radical (unpaired) electrons. The first-order valence-electron chi connectivity index (χ1n) is 3.63. The molecule has 0 bridgehead atoms. The fourth-order valence-electron chi connectivity index (χ4n) is 0.631. The summed E-state index contributed by atoms with van der Waals surface area (Å²) in [6, 6.07) is 0. The topological polar surface area (TPSA) is 50.2 Å². The van der Waals surface area contributed by atoms with Crippen molar-refractivity contribution in [3.63, 3.8) is 0 Å². The number of nitrogens with one attached hydrogen (secondary N) is 1. The summed E-state index contributed by atoms with van der Waals surface area (Å²) in [4.78, 5) is 10.8. The first-order valence-corrected chi connectivity index (χ1v) is 3.63. The zero-order valence-corrected chi connectivity index (χ0v) is 7.23. The van der Waals surface area contributed by atoms with Gasteiger partial charge >= 0.3 is 12.1 Å². The Labute approximate surface area is 73.4 Å². The lowest BCUT2D eigenvalue weighted by molar-refractivity contribution is -0.146. The minimum Gasteiger partial charge on any atom is -0.465 e. The van der Waals surface area contributed by atoms with Gasteiger partial charge in [0.15, 0.2) is 0 Å². The van der Waals surface area contributed by atoms with E-state index >= 15 is 0 Å². The van der Waals surface area contributed by atoms with E-state index < -0.39 is 23.8 Å². The quantitative estimate of drug-likeness (QED) is 0.553. The molecule has 1 atom stereocenters. The lowest BCUT2D eigenvalue weighted by Gasteiger charge is -2.13. The molecule has 76 valence electrons. The minimum absolute atomic E-state index is 0.00824. The molecule has 0 saturated carbocycles. The Hall–Kier alpha value is -1.07. The number of carbonyl (C=O) groups is 1. The molecule has 1 unspecified atom stereocenters. The van der Waals surface area contributed by atoms with Crippen LogP contribution in [-0.4, -0.2) is 24.5 Å². The van der Waals surface area contributed by atoms with Crippen molar-refractivity contribution in [3.05, 3.63) is 0 Å². The van der Waals surface area contributed by atoms with E-state index in [0.717, 1.165) is 6.92 Å². The Morgan fingerprint density at radius 1 is 1.54 bits per heavy atom. The molecule has 0 spiro atoms. The number of halogens is 3. The van der Waals surface area contributed by atoms with Gasteiger partial charge in [0.2, 0.25) is 0 Å². The molecule has 13 heavy (non-hydrogen) atoms. The number of hydrogen-bond donors (Lipinski definition) is 1. The van der Waals surface area contributed by atoms with Crippen LogP contribution in [-0.2, 0) is 9.53 Å². The largest absolute Gasteiger partial charge is 0.465 e. The third-order valence-electron chi connectivity index (χ3n) is 1.38. The highest BCUT2D eigenvalue weighted by atomic mass is 19.4.